The summed E-state index contributed by atoms with van der Waals surface area (Å²) in [6, 6.07) is 7.26. The number of hydrogen-bond acceptors (Lipinski definition) is 6. The summed E-state index contributed by atoms with van der Waals surface area (Å²) < 4.78 is 1.80. The highest BCUT2D eigenvalue weighted by Crippen LogP contribution is 2.37. The quantitative estimate of drug-likeness (QED) is 0.645. The van der Waals surface area contributed by atoms with E-state index >= 15 is 0 Å². The van der Waals surface area contributed by atoms with Crippen LogP contribution in [0.15, 0.2) is 29.4 Å². The number of carbonyl (C=O) groups is 2. The van der Waals surface area contributed by atoms with E-state index in [2.05, 4.69) is 20.8 Å². The second kappa shape index (κ2) is 6.49. The van der Waals surface area contributed by atoms with Crippen LogP contribution < -0.4 is 5.32 Å². The molecular weight excluding hydrogens is 314 g/mol. The van der Waals surface area contributed by atoms with E-state index in [0.29, 0.717) is 22.4 Å². The molecule has 0 aliphatic heterocycles. The Balaban J connectivity index is 1.66. The van der Waals surface area contributed by atoms with Crippen molar-refractivity contribution in [2.75, 3.05) is 5.32 Å². The van der Waals surface area contributed by atoms with Gasteiger partial charge in [0.25, 0.3) is 0 Å². The molecule has 7 nitrogen and oxygen atoms in total. The number of ketones is 1. The summed E-state index contributed by atoms with van der Waals surface area (Å²) in [5.74, 6) is -0.130. The van der Waals surface area contributed by atoms with Gasteiger partial charge >= 0.3 is 0 Å². The number of anilines is 1. The molecule has 120 valence electrons. The number of benzene rings is 1. The summed E-state index contributed by atoms with van der Waals surface area (Å²) >= 11 is 1.37. The summed E-state index contributed by atoms with van der Waals surface area (Å²) in [7, 11) is 0. The smallest absolute Gasteiger partial charge is 0.221 e. The monoisotopic (exact) mass is 331 g/mol. The van der Waals surface area contributed by atoms with Gasteiger partial charge in [-0.2, -0.15) is 0 Å². The molecule has 0 radical (unpaired) electrons. The van der Waals surface area contributed by atoms with E-state index < -0.39 is 0 Å². The zero-order chi connectivity index (χ0) is 16.4. The van der Waals surface area contributed by atoms with Crippen molar-refractivity contribution < 1.29 is 9.59 Å². The molecule has 1 aliphatic rings. The second-order valence-electron chi connectivity index (χ2n) is 5.52. The summed E-state index contributed by atoms with van der Waals surface area (Å²) in [5.41, 5.74) is 1.27. The number of tetrazole rings is 1. The van der Waals surface area contributed by atoms with Gasteiger partial charge in [0.2, 0.25) is 11.1 Å². The van der Waals surface area contributed by atoms with Crippen LogP contribution in [0.1, 0.15) is 43.1 Å². The third kappa shape index (κ3) is 3.76. The maximum Gasteiger partial charge on any atom is 0.221 e. The zero-order valence-electron chi connectivity index (χ0n) is 12.9. The van der Waals surface area contributed by atoms with Crippen LogP contribution in [0.3, 0.4) is 0 Å². The highest BCUT2D eigenvalue weighted by atomic mass is 32.2. The lowest BCUT2D eigenvalue weighted by molar-refractivity contribution is -0.114. The number of nitrogens with one attached hydrogen (secondary N) is 1. The summed E-state index contributed by atoms with van der Waals surface area (Å²) in [6.07, 6.45) is 2.18. The minimum absolute atomic E-state index is 0.00900. The minimum Gasteiger partial charge on any atom is -0.326 e. The Morgan fingerprint density at radius 3 is 2.61 bits per heavy atom. The average molecular weight is 331 g/mol. The van der Waals surface area contributed by atoms with E-state index in [4.69, 9.17) is 0 Å². The number of Topliss-reactive ketones (excluding diaryl/α,β-unsaturated/α-hetero) is 1. The number of hydrogen-bond donors (Lipinski definition) is 1. The van der Waals surface area contributed by atoms with Gasteiger partial charge in [0, 0.05) is 18.2 Å². The number of carbonyl (C=O) groups excluding carboxylic acids is 2. The second-order valence-corrected chi connectivity index (χ2v) is 6.83. The van der Waals surface area contributed by atoms with Gasteiger partial charge in [0.1, 0.15) is 0 Å². The van der Waals surface area contributed by atoms with Crippen molar-refractivity contribution in [1.82, 2.24) is 20.2 Å². The average Bonchev–Trinajstić information content (AvgIpc) is 3.27. The summed E-state index contributed by atoms with van der Waals surface area (Å²) in [5, 5.41) is 14.8. The molecule has 8 heteroatoms. The Hall–Kier alpha value is -2.22. The molecule has 1 amide bonds. The van der Waals surface area contributed by atoms with E-state index in [-0.39, 0.29) is 16.9 Å². The Morgan fingerprint density at radius 2 is 2.00 bits per heavy atom. The van der Waals surface area contributed by atoms with Crippen molar-refractivity contribution in [1.29, 1.82) is 0 Å². The van der Waals surface area contributed by atoms with Crippen LogP contribution in [0.4, 0.5) is 5.69 Å². The molecule has 1 heterocycles. The Morgan fingerprint density at radius 1 is 1.30 bits per heavy atom. The topological polar surface area (TPSA) is 89.8 Å². The van der Waals surface area contributed by atoms with Crippen molar-refractivity contribution in [3.8, 4) is 0 Å². The number of thioether (sulfide) groups is 1. The zero-order valence-corrected chi connectivity index (χ0v) is 13.7. The van der Waals surface area contributed by atoms with Gasteiger partial charge in [0.05, 0.1) is 11.3 Å². The van der Waals surface area contributed by atoms with E-state index in [1.54, 1.807) is 28.9 Å². The van der Waals surface area contributed by atoms with E-state index in [0.717, 1.165) is 12.8 Å². The fourth-order valence-electron chi connectivity index (χ4n) is 2.18. The molecule has 2 aromatic rings. The van der Waals surface area contributed by atoms with E-state index in [1.165, 1.54) is 18.7 Å². The maximum absolute atomic E-state index is 12.5. The Bertz CT molecular complexity index is 724. The van der Waals surface area contributed by atoms with Crippen molar-refractivity contribution in [3.05, 3.63) is 29.8 Å². The maximum atomic E-state index is 12.5. The van der Waals surface area contributed by atoms with Crippen LogP contribution in [0.2, 0.25) is 0 Å². The highest BCUT2D eigenvalue weighted by molar-refractivity contribution is 8.00. The SMILES string of the molecule is CC(=O)Nc1ccc(C(=O)[C@H](C)Sc2nnnn2C2CC2)cc1. The first-order valence-corrected chi connectivity index (χ1v) is 8.29. The number of aromatic nitrogens is 4. The summed E-state index contributed by atoms with van der Waals surface area (Å²) in [4.78, 5) is 23.5. The Kier molecular flexibility index (Phi) is 4.42. The molecule has 1 aromatic heterocycles. The van der Waals surface area contributed by atoms with Crippen LogP contribution in [-0.4, -0.2) is 37.1 Å². The van der Waals surface area contributed by atoms with Crippen LogP contribution in [0.5, 0.6) is 0 Å². The predicted octanol–water partition coefficient (Wildman–Crippen LogP) is 2.33. The van der Waals surface area contributed by atoms with Gasteiger partial charge in [-0.3, -0.25) is 9.59 Å². The largest absolute Gasteiger partial charge is 0.326 e. The normalized spacial score (nSPS) is 15.2. The molecule has 0 spiro atoms. The lowest BCUT2D eigenvalue weighted by atomic mass is 10.1. The third-order valence-electron chi connectivity index (χ3n) is 3.50. The van der Waals surface area contributed by atoms with Crippen molar-refractivity contribution in [2.45, 2.75) is 43.1 Å². The lowest BCUT2D eigenvalue weighted by Gasteiger charge is -2.10. The van der Waals surface area contributed by atoms with Crippen LogP contribution in [0, 0.1) is 0 Å². The van der Waals surface area contributed by atoms with Crippen LogP contribution >= 0.6 is 11.8 Å². The van der Waals surface area contributed by atoms with Gasteiger partial charge in [-0.15, -0.1) is 5.10 Å². The van der Waals surface area contributed by atoms with Gasteiger partial charge in [0.15, 0.2) is 5.78 Å². The number of rotatable bonds is 6. The molecule has 1 atom stereocenters. The van der Waals surface area contributed by atoms with Gasteiger partial charge in [-0.1, -0.05) is 11.8 Å². The van der Waals surface area contributed by atoms with E-state index in [1.807, 2.05) is 6.92 Å². The first-order valence-electron chi connectivity index (χ1n) is 7.41. The van der Waals surface area contributed by atoms with Crippen molar-refractivity contribution in [3.63, 3.8) is 0 Å². The fraction of sp³-hybridized carbons (Fsp3) is 0.400. The van der Waals surface area contributed by atoms with Crippen LogP contribution in [0.25, 0.3) is 0 Å². The van der Waals surface area contributed by atoms with Gasteiger partial charge in [-0.05, 0) is 54.5 Å². The number of nitrogens with zero attached hydrogens (tertiary/aromatic N) is 4. The van der Waals surface area contributed by atoms with Gasteiger partial charge < -0.3 is 5.32 Å². The standard InChI is InChI=1S/C15H17N5O2S/c1-9(23-15-17-18-19-20(15)13-7-8-13)14(22)11-3-5-12(6-4-11)16-10(2)21/h3-6,9,13H,7-8H2,1-2H3,(H,16,21)/t9-/m0/s1. The minimum atomic E-state index is -0.287. The predicted molar refractivity (Wildman–Crippen MR) is 86.5 cm³/mol. The molecule has 1 N–H and O–H groups in total. The molecule has 0 bridgehead atoms. The third-order valence-corrected chi connectivity index (χ3v) is 4.54. The summed E-state index contributed by atoms with van der Waals surface area (Å²) in [6.45, 7) is 3.29. The first kappa shape index (κ1) is 15.7. The highest BCUT2D eigenvalue weighted by Gasteiger charge is 2.29. The lowest BCUT2D eigenvalue weighted by Crippen LogP contribution is -2.15. The molecule has 1 saturated carbocycles. The number of amides is 1. The molecule has 1 fully saturated rings. The van der Waals surface area contributed by atoms with Crippen LogP contribution in [-0.2, 0) is 4.79 Å². The molecular formula is C15H17N5O2S. The fourth-order valence-corrected chi connectivity index (χ4v) is 3.12. The molecule has 0 unspecified atom stereocenters. The van der Waals surface area contributed by atoms with Crippen molar-refractivity contribution in [2.24, 2.45) is 0 Å². The molecule has 3 rings (SSSR count). The molecule has 1 aliphatic carbocycles. The van der Waals surface area contributed by atoms with E-state index in [9.17, 15) is 9.59 Å². The molecule has 0 saturated heterocycles. The molecule has 23 heavy (non-hydrogen) atoms. The van der Waals surface area contributed by atoms with Gasteiger partial charge in [-0.25, -0.2) is 4.68 Å². The first-order chi connectivity index (χ1) is 11.0. The molecule has 1 aromatic carbocycles. The Labute approximate surface area is 137 Å². The van der Waals surface area contributed by atoms with Crippen molar-refractivity contribution >= 4 is 29.1 Å².